The van der Waals surface area contributed by atoms with E-state index in [4.69, 9.17) is 4.99 Å². The van der Waals surface area contributed by atoms with Crippen LogP contribution in [0.5, 0.6) is 0 Å². The number of aromatic amines is 1. The van der Waals surface area contributed by atoms with Crippen molar-refractivity contribution in [2.45, 2.75) is 34.6 Å². The molecule has 1 aromatic heterocycles. The molecule has 0 saturated carbocycles. The lowest BCUT2D eigenvalue weighted by molar-refractivity contribution is 1.27. The first kappa shape index (κ1) is 27.6. The summed E-state index contributed by atoms with van der Waals surface area (Å²) >= 11 is 0. The first-order valence-electron chi connectivity index (χ1n) is 15.3. The van der Waals surface area contributed by atoms with Gasteiger partial charge in [0.05, 0.1) is 22.8 Å². The first-order valence-corrected chi connectivity index (χ1v) is 15.3. The third kappa shape index (κ3) is 4.93. The molecule has 6 aromatic rings. The lowest BCUT2D eigenvalue weighted by atomic mass is 9.92. The second kappa shape index (κ2) is 11.1. The number of rotatable bonds is 5. The van der Waals surface area contributed by atoms with E-state index in [0.29, 0.717) is 0 Å². The fourth-order valence-electron chi connectivity index (χ4n) is 6.87. The van der Waals surface area contributed by atoms with Crippen LogP contribution in [0.25, 0.3) is 33.2 Å². The summed E-state index contributed by atoms with van der Waals surface area (Å²) < 4.78 is 0. The van der Waals surface area contributed by atoms with Gasteiger partial charge in [0, 0.05) is 33.0 Å². The summed E-state index contributed by atoms with van der Waals surface area (Å²) in [5, 5.41) is 2.41. The Morgan fingerprint density at radius 1 is 0.568 bits per heavy atom. The van der Waals surface area contributed by atoms with Gasteiger partial charge in [-0.3, -0.25) is 0 Å². The molecule has 7 rings (SSSR count). The SMILES string of the molecule is Cc1cc(C)cc(C2=N/C(=C(/c3ccccc3)c3[nH]c(-c4c(C)cc(C)cc4C)c4ccccc34)C(c3ccccc3)=C2)c1. The molecule has 5 aromatic carbocycles. The molecule has 2 heteroatoms. The molecule has 1 aliphatic rings. The van der Waals surface area contributed by atoms with E-state index in [0.717, 1.165) is 50.6 Å². The average molecular weight is 569 g/mol. The average Bonchev–Trinajstić information content (AvgIpc) is 3.61. The number of nitrogens with zero attached hydrogens (tertiary/aromatic N) is 1. The van der Waals surface area contributed by atoms with E-state index >= 15 is 0 Å². The van der Waals surface area contributed by atoms with E-state index < -0.39 is 0 Å². The highest BCUT2D eigenvalue weighted by atomic mass is 14.8. The number of benzene rings is 5. The molecule has 0 radical (unpaired) electrons. The standard InChI is InChI=1S/C42H36N2/c1-26-20-27(2)24-33(23-26)37-25-36(31-14-8-6-9-15-31)42(43-37)39(32-16-10-7-11-17-32)41-35-19-13-12-18-34(35)40(44-41)38-29(4)21-28(3)22-30(38)5/h6-25,44H,1-5H3/b42-39-. The molecule has 2 heterocycles. The van der Waals surface area contributed by atoms with Crippen LogP contribution in [-0.2, 0) is 0 Å². The van der Waals surface area contributed by atoms with Crippen molar-refractivity contribution in [2.24, 2.45) is 4.99 Å². The number of hydrogen-bond donors (Lipinski definition) is 1. The summed E-state index contributed by atoms with van der Waals surface area (Å²) in [6, 6.07) is 41.4. The molecule has 0 unspecified atom stereocenters. The van der Waals surface area contributed by atoms with Crippen molar-refractivity contribution in [2.75, 3.05) is 0 Å². The molecule has 0 aliphatic carbocycles. The van der Waals surface area contributed by atoms with Gasteiger partial charge in [-0.2, -0.15) is 0 Å². The predicted octanol–water partition coefficient (Wildman–Crippen LogP) is 10.7. The van der Waals surface area contributed by atoms with Gasteiger partial charge in [0.15, 0.2) is 0 Å². The zero-order valence-electron chi connectivity index (χ0n) is 26.0. The molecule has 0 fully saturated rings. The smallest absolute Gasteiger partial charge is 0.0815 e. The highest BCUT2D eigenvalue weighted by Crippen LogP contribution is 2.44. The number of aliphatic imine (C=N–C) groups is 1. The van der Waals surface area contributed by atoms with Crippen LogP contribution in [0.4, 0.5) is 0 Å². The maximum absolute atomic E-state index is 5.47. The Bertz CT molecular complexity index is 2090. The molecule has 2 nitrogen and oxygen atoms in total. The molecule has 44 heavy (non-hydrogen) atoms. The number of allylic oxidation sites excluding steroid dienone is 2. The van der Waals surface area contributed by atoms with Crippen molar-refractivity contribution in [1.82, 2.24) is 4.98 Å². The van der Waals surface area contributed by atoms with Crippen LogP contribution in [0.2, 0.25) is 0 Å². The first-order chi connectivity index (χ1) is 21.4. The van der Waals surface area contributed by atoms with Crippen LogP contribution < -0.4 is 0 Å². The quantitative estimate of drug-likeness (QED) is 0.214. The normalized spacial score (nSPS) is 14.1. The lowest BCUT2D eigenvalue weighted by Gasteiger charge is -2.14. The van der Waals surface area contributed by atoms with E-state index in [-0.39, 0.29) is 0 Å². The minimum absolute atomic E-state index is 0.979. The summed E-state index contributed by atoms with van der Waals surface area (Å²) in [6.07, 6.45) is 2.27. The van der Waals surface area contributed by atoms with E-state index in [1.54, 1.807) is 0 Å². The highest BCUT2D eigenvalue weighted by molar-refractivity contribution is 6.20. The molecule has 0 bridgehead atoms. The molecule has 0 saturated heterocycles. The third-order valence-corrected chi connectivity index (χ3v) is 8.56. The van der Waals surface area contributed by atoms with E-state index in [9.17, 15) is 0 Å². The maximum Gasteiger partial charge on any atom is 0.0815 e. The molecule has 0 atom stereocenters. The minimum atomic E-state index is 0.979. The van der Waals surface area contributed by atoms with Gasteiger partial charge in [0.1, 0.15) is 0 Å². The topological polar surface area (TPSA) is 28.1 Å². The molecule has 0 spiro atoms. The predicted molar refractivity (Wildman–Crippen MR) is 187 cm³/mol. The zero-order valence-corrected chi connectivity index (χ0v) is 26.0. The van der Waals surface area contributed by atoms with Gasteiger partial charge in [-0.1, -0.05) is 120 Å². The van der Waals surface area contributed by atoms with Gasteiger partial charge in [-0.05, 0) is 75.1 Å². The fraction of sp³-hybridized carbons (Fsp3) is 0.119. The molecular weight excluding hydrogens is 532 g/mol. The number of aryl methyl sites for hydroxylation is 5. The highest BCUT2D eigenvalue weighted by Gasteiger charge is 2.26. The Balaban J connectivity index is 1.58. The Morgan fingerprint density at radius 2 is 1.14 bits per heavy atom. The van der Waals surface area contributed by atoms with Crippen LogP contribution in [0, 0.1) is 34.6 Å². The second-order valence-electron chi connectivity index (χ2n) is 12.1. The van der Waals surface area contributed by atoms with Crippen molar-refractivity contribution < 1.29 is 0 Å². The van der Waals surface area contributed by atoms with Crippen molar-refractivity contribution in [3.05, 3.63) is 177 Å². The van der Waals surface area contributed by atoms with Crippen LogP contribution in [-0.4, -0.2) is 10.7 Å². The molecule has 1 N–H and O–H groups in total. The number of nitrogens with one attached hydrogen (secondary N) is 1. The summed E-state index contributed by atoms with van der Waals surface area (Å²) in [4.78, 5) is 9.44. The van der Waals surface area contributed by atoms with Crippen molar-refractivity contribution in [1.29, 1.82) is 0 Å². The summed E-state index contributed by atoms with van der Waals surface area (Å²) in [7, 11) is 0. The zero-order chi connectivity index (χ0) is 30.4. The Morgan fingerprint density at radius 3 is 1.80 bits per heavy atom. The van der Waals surface area contributed by atoms with Gasteiger partial charge in [0.25, 0.3) is 0 Å². The molecular formula is C42H36N2. The van der Waals surface area contributed by atoms with Gasteiger partial charge in [-0.25, -0.2) is 4.99 Å². The van der Waals surface area contributed by atoms with Crippen LogP contribution >= 0.6 is 0 Å². The summed E-state index contributed by atoms with van der Waals surface area (Å²) in [5.41, 5.74) is 17.4. The van der Waals surface area contributed by atoms with Crippen LogP contribution in [0.3, 0.4) is 0 Å². The van der Waals surface area contributed by atoms with Crippen molar-refractivity contribution in [3.8, 4) is 11.3 Å². The Hall–Kier alpha value is -5.21. The molecule has 1 aliphatic heterocycles. The van der Waals surface area contributed by atoms with Gasteiger partial charge in [-0.15, -0.1) is 0 Å². The lowest BCUT2D eigenvalue weighted by Crippen LogP contribution is -1.97. The summed E-state index contributed by atoms with van der Waals surface area (Å²) in [6.45, 7) is 10.9. The number of aromatic nitrogens is 1. The largest absolute Gasteiger partial charge is 0.353 e. The number of hydrogen-bond acceptors (Lipinski definition) is 1. The molecule has 0 amide bonds. The van der Waals surface area contributed by atoms with E-state index in [1.807, 2.05) is 0 Å². The summed E-state index contributed by atoms with van der Waals surface area (Å²) in [5.74, 6) is 0. The Kier molecular flexibility index (Phi) is 6.98. The van der Waals surface area contributed by atoms with Gasteiger partial charge < -0.3 is 4.98 Å². The number of H-pyrrole nitrogens is 1. The maximum atomic E-state index is 5.47. The minimum Gasteiger partial charge on any atom is -0.353 e. The van der Waals surface area contributed by atoms with Crippen LogP contribution in [0.15, 0.2) is 132 Å². The fourth-order valence-corrected chi connectivity index (χ4v) is 6.87. The second-order valence-corrected chi connectivity index (χ2v) is 12.1. The van der Waals surface area contributed by atoms with E-state index in [1.165, 1.54) is 44.2 Å². The van der Waals surface area contributed by atoms with E-state index in [2.05, 4.69) is 161 Å². The Labute approximate surface area is 260 Å². The van der Waals surface area contributed by atoms with Crippen molar-refractivity contribution >= 4 is 27.6 Å². The van der Waals surface area contributed by atoms with Crippen LogP contribution in [0.1, 0.15) is 50.2 Å². The van der Waals surface area contributed by atoms with Gasteiger partial charge in [0.2, 0.25) is 0 Å². The monoisotopic (exact) mass is 568 g/mol. The molecule has 214 valence electrons. The van der Waals surface area contributed by atoms with Crippen molar-refractivity contribution in [3.63, 3.8) is 0 Å². The third-order valence-electron chi connectivity index (χ3n) is 8.56. The van der Waals surface area contributed by atoms with Gasteiger partial charge >= 0.3 is 0 Å². The number of fused-ring (bicyclic) bond motifs is 1.